The van der Waals surface area contributed by atoms with Gasteiger partial charge in [-0.3, -0.25) is 9.59 Å². The summed E-state index contributed by atoms with van der Waals surface area (Å²) in [7, 11) is 0. The van der Waals surface area contributed by atoms with Crippen LogP contribution in [-0.4, -0.2) is 47.4 Å². The third-order valence-electron chi connectivity index (χ3n) is 15.3. The minimum Gasteiger partial charge on any atom is -0.466 e. The summed E-state index contributed by atoms with van der Waals surface area (Å²) in [4.78, 5) is 24.5. The molecule has 3 N–H and O–H groups in total. The Kier molecular flexibility index (Phi) is 59.9. The molecule has 0 aromatic carbocycles. The summed E-state index contributed by atoms with van der Waals surface area (Å²) >= 11 is 0. The lowest BCUT2D eigenvalue weighted by molar-refractivity contribution is -0.143. The highest BCUT2D eigenvalue weighted by molar-refractivity contribution is 5.76. The van der Waals surface area contributed by atoms with E-state index in [1.54, 1.807) is 0 Å². The molecule has 0 bridgehead atoms. The summed E-state index contributed by atoms with van der Waals surface area (Å²) in [6.45, 7) is 4.96. The Hall–Kier alpha value is -1.40. The molecular formula is C65H127NO5. The van der Waals surface area contributed by atoms with Crippen molar-refractivity contribution in [3.8, 4) is 0 Å². The number of carbonyl (C=O) groups excluding carboxylic acids is 2. The SMILES string of the molecule is CCCCC/C=C\CCCCCCCC(=O)OCCCCCCCCCCCCCCCCCCCCCCCC(=O)NC(CO)C(O)CCCCCCCCCCCCCCCCCCCCCCC. The molecule has 0 aliphatic heterocycles. The fourth-order valence-corrected chi connectivity index (χ4v) is 10.3. The summed E-state index contributed by atoms with van der Waals surface area (Å²) in [5, 5.41) is 23.4. The number of allylic oxidation sites excluding steroid dienone is 2. The minimum atomic E-state index is -0.665. The Morgan fingerprint density at radius 1 is 0.380 bits per heavy atom. The van der Waals surface area contributed by atoms with Crippen molar-refractivity contribution < 1.29 is 24.5 Å². The number of hydrogen-bond acceptors (Lipinski definition) is 5. The zero-order valence-corrected chi connectivity index (χ0v) is 48.2. The van der Waals surface area contributed by atoms with Crippen molar-refractivity contribution in [2.45, 2.75) is 379 Å². The van der Waals surface area contributed by atoms with Crippen molar-refractivity contribution in [2.24, 2.45) is 0 Å². The highest BCUT2D eigenvalue weighted by Gasteiger charge is 2.20. The summed E-state index contributed by atoms with van der Waals surface area (Å²) in [6, 6.07) is -0.542. The van der Waals surface area contributed by atoms with E-state index in [1.165, 1.54) is 289 Å². The van der Waals surface area contributed by atoms with Gasteiger partial charge in [-0.25, -0.2) is 0 Å². The second-order valence-corrected chi connectivity index (χ2v) is 22.5. The van der Waals surface area contributed by atoms with Crippen molar-refractivity contribution >= 4 is 11.9 Å². The number of aliphatic hydroxyl groups is 2. The number of aliphatic hydroxyl groups excluding tert-OH is 2. The van der Waals surface area contributed by atoms with Crippen LogP contribution in [0.3, 0.4) is 0 Å². The van der Waals surface area contributed by atoms with E-state index in [0.29, 0.717) is 25.9 Å². The van der Waals surface area contributed by atoms with Gasteiger partial charge in [0.1, 0.15) is 0 Å². The summed E-state index contributed by atoms with van der Waals surface area (Å²) in [5.74, 6) is -0.0289. The van der Waals surface area contributed by atoms with E-state index in [0.717, 1.165) is 44.9 Å². The summed E-state index contributed by atoms with van der Waals surface area (Å²) in [6.07, 6.45) is 73.7. The fourth-order valence-electron chi connectivity index (χ4n) is 10.3. The molecule has 6 nitrogen and oxygen atoms in total. The highest BCUT2D eigenvalue weighted by Crippen LogP contribution is 2.19. The van der Waals surface area contributed by atoms with E-state index >= 15 is 0 Å². The molecule has 0 aromatic heterocycles. The first-order valence-electron chi connectivity index (χ1n) is 32.4. The summed E-state index contributed by atoms with van der Waals surface area (Å²) < 4.78 is 5.47. The number of carbonyl (C=O) groups is 2. The normalized spacial score (nSPS) is 12.6. The van der Waals surface area contributed by atoms with Crippen LogP contribution in [0.2, 0.25) is 0 Å². The zero-order valence-electron chi connectivity index (χ0n) is 48.2. The molecule has 0 rings (SSSR count). The number of rotatable bonds is 61. The molecule has 0 aliphatic carbocycles. The predicted molar refractivity (Wildman–Crippen MR) is 310 cm³/mol. The lowest BCUT2D eigenvalue weighted by atomic mass is 10.0. The molecule has 0 spiro atoms. The maximum absolute atomic E-state index is 12.5. The standard InChI is InChI=1S/C65H127NO5/c1-3-5-7-9-11-13-15-17-18-19-20-22-25-28-31-34-37-41-45-49-53-57-63(68)62(61-67)66-64(69)58-54-50-46-42-38-35-32-29-26-23-21-24-27-30-33-36-40-44-48-52-56-60-71-65(70)59-55-51-47-43-39-16-14-12-10-8-6-4-2/h12,14,62-63,67-68H,3-11,13,15-61H2,1-2H3,(H,66,69)/b14-12-. The Labute approximate surface area is 444 Å². The van der Waals surface area contributed by atoms with Gasteiger partial charge in [-0.15, -0.1) is 0 Å². The number of amides is 1. The van der Waals surface area contributed by atoms with Crippen molar-refractivity contribution in [1.29, 1.82) is 0 Å². The van der Waals surface area contributed by atoms with Crippen LogP contribution in [-0.2, 0) is 14.3 Å². The van der Waals surface area contributed by atoms with Crippen molar-refractivity contribution in [1.82, 2.24) is 5.32 Å². The monoisotopic (exact) mass is 1000 g/mol. The van der Waals surface area contributed by atoms with Crippen molar-refractivity contribution in [3.63, 3.8) is 0 Å². The molecule has 0 aromatic rings. The summed E-state index contributed by atoms with van der Waals surface area (Å²) in [5.41, 5.74) is 0. The van der Waals surface area contributed by atoms with Crippen LogP contribution in [0.4, 0.5) is 0 Å². The molecule has 0 aliphatic rings. The third-order valence-corrected chi connectivity index (χ3v) is 15.3. The smallest absolute Gasteiger partial charge is 0.305 e. The average molecular weight is 1000 g/mol. The van der Waals surface area contributed by atoms with Crippen LogP contribution < -0.4 is 5.32 Å². The first kappa shape index (κ1) is 69.6. The third kappa shape index (κ3) is 57.7. The quantitative estimate of drug-likeness (QED) is 0.0320. The molecule has 1 amide bonds. The largest absolute Gasteiger partial charge is 0.466 e. The molecule has 71 heavy (non-hydrogen) atoms. The maximum atomic E-state index is 12.5. The van der Waals surface area contributed by atoms with Gasteiger partial charge in [0.2, 0.25) is 5.91 Å². The van der Waals surface area contributed by atoms with Gasteiger partial charge in [-0.1, -0.05) is 315 Å². The van der Waals surface area contributed by atoms with Crippen LogP contribution in [0, 0.1) is 0 Å². The van der Waals surface area contributed by atoms with E-state index in [2.05, 4.69) is 31.3 Å². The molecule has 422 valence electrons. The molecule has 0 radical (unpaired) electrons. The van der Waals surface area contributed by atoms with Crippen LogP contribution in [0.15, 0.2) is 12.2 Å². The van der Waals surface area contributed by atoms with Gasteiger partial charge in [0, 0.05) is 12.8 Å². The van der Waals surface area contributed by atoms with Crippen LogP contribution in [0.1, 0.15) is 367 Å². The molecule has 2 atom stereocenters. The number of nitrogens with one attached hydrogen (secondary N) is 1. The zero-order chi connectivity index (χ0) is 51.4. The van der Waals surface area contributed by atoms with Gasteiger partial charge in [0.15, 0.2) is 0 Å². The van der Waals surface area contributed by atoms with Crippen LogP contribution in [0.5, 0.6) is 0 Å². The Balaban J connectivity index is 3.39. The molecular weight excluding hydrogens is 875 g/mol. The first-order valence-corrected chi connectivity index (χ1v) is 32.4. The van der Waals surface area contributed by atoms with Gasteiger partial charge < -0.3 is 20.3 Å². The van der Waals surface area contributed by atoms with E-state index in [1.807, 2.05) is 0 Å². The van der Waals surface area contributed by atoms with E-state index in [9.17, 15) is 19.8 Å². The lowest BCUT2D eigenvalue weighted by Crippen LogP contribution is -2.45. The number of ether oxygens (including phenoxy) is 1. The number of unbranched alkanes of at least 4 members (excludes halogenated alkanes) is 48. The fraction of sp³-hybridized carbons (Fsp3) is 0.938. The highest BCUT2D eigenvalue weighted by atomic mass is 16.5. The number of esters is 1. The Morgan fingerprint density at radius 3 is 1.03 bits per heavy atom. The lowest BCUT2D eigenvalue weighted by Gasteiger charge is -2.22. The van der Waals surface area contributed by atoms with Gasteiger partial charge in [-0.2, -0.15) is 0 Å². The average Bonchev–Trinajstić information content (AvgIpc) is 3.37. The van der Waals surface area contributed by atoms with E-state index < -0.39 is 12.1 Å². The van der Waals surface area contributed by atoms with Gasteiger partial charge in [0.25, 0.3) is 0 Å². The molecule has 2 unspecified atom stereocenters. The topological polar surface area (TPSA) is 95.9 Å². The Morgan fingerprint density at radius 2 is 0.662 bits per heavy atom. The van der Waals surface area contributed by atoms with E-state index in [-0.39, 0.29) is 18.5 Å². The molecule has 0 saturated carbocycles. The molecule has 0 saturated heterocycles. The Bertz CT molecular complexity index is 1060. The van der Waals surface area contributed by atoms with Gasteiger partial charge >= 0.3 is 5.97 Å². The molecule has 0 heterocycles. The molecule has 0 fully saturated rings. The molecule has 6 heteroatoms. The van der Waals surface area contributed by atoms with Crippen molar-refractivity contribution in [2.75, 3.05) is 13.2 Å². The minimum absolute atomic E-state index is 0.00285. The van der Waals surface area contributed by atoms with Crippen molar-refractivity contribution in [3.05, 3.63) is 12.2 Å². The van der Waals surface area contributed by atoms with Gasteiger partial charge in [-0.05, 0) is 51.4 Å². The van der Waals surface area contributed by atoms with Gasteiger partial charge in [0.05, 0.1) is 25.4 Å². The van der Waals surface area contributed by atoms with Crippen LogP contribution >= 0.6 is 0 Å². The second kappa shape index (κ2) is 61.1. The first-order chi connectivity index (χ1) is 35.0. The van der Waals surface area contributed by atoms with E-state index in [4.69, 9.17) is 4.74 Å². The second-order valence-electron chi connectivity index (χ2n) is 22.5. The maximum Gasteiger partial charge on any atom is 0.305 e. The van der Waals surface area contributed by atoms with Crippen LogP contribution in [0.25, 0.3) is 0 Å². The predicted octanol–water partition coefficient (Wildman–Crippen LogP) is 20.4. The number of hydrogen-bond donors (Lipinski definition) is 3.